The summed E-state index contributed by atoms with van der Waals surface area (Å²) in [7, 11) is -1.89. The summed E-state index contributed by atoms with van der Waals surface area (Å²) in [6.07, 6.45) is 13.1. The Balaban J connectivity index is 4.68. The van der Waals surface area contributed by atoms with Crippen LogP contribution in [0, 0.1) is 11.8 Å². The first-order valence-electron chi connectivity index (χ1n) is 11.9. The molecule has 0 amide bonds. The van der Waals surface area contributed by atoms with Gasteiger partial charge in [0.2, 0.25) is 0 Å². The van der Waals surface area contributed by atoms with Crippen LogP contribution in [0.4, 0.5) is 0 Å². The normalized spacial score (nSPS) is 14.1. The van der Waals surface area contributed by atoms with Gasteiger partial charge in [-0.3, -0.25) is 4.79 Å². The van der Waals surface area contributed by atoms with Gasteiger partial charge in [0.1, 0.15) is 6.10 Å². The fourth-order valence-corrected chi connectivity index (χ4v) is 4.18. The van der Waals surface area contributed by atoms with E-state index in [1.54, 1.807) is 0 Å². The van der Waals surface area contributed by atoms with Gasteiger partial charge in [-0.15, -0.1) is 0 Å². The molecule has 4 heteroatoms. The number of hydrogen-bond donors (Lipinski definition) is 0. The lowest BCUT2D eigenvalue weighted by molar-refractivity contribution is -0.143. The number of esters is 1. The van der Waals surface area contributed by atoms with E-state index < -0.39 is 8.32 Å². The molecule has 170 valence electrons. The number of hydrogen-bond acceptors (Lipinski definition) is 3. The molecule has 0 aliphatic heterocycles. The molecule has 0 spiro atoms. The van der Waals surface area contributed by atoms with Crippen LogP contribution >= 0.6 is 0 Å². The van der Waals surface area contributed by atoms with Crippen LogP contribution in [0.15, 0.2) is 0 Å². The van der Waals surface area contributed by atoms with Crippen molar-refractivity contribution in [3.05, 3.63) is 0 Å². The van der Waals surface area contributed by atoms with E-state index in [1.165, 1.54) is 58.3 Å². The summed E-state index contributed by atoms with van der Waals surface area (Å²) in [4.78, 5) is 11.3. The van der Waals surface area contributed by atoms with Crippen LogP contribution in [0.5, 0.6) is 0 Å². The molecular weight excluding hydrogens is 376 g/mol. The van der Waals surface area contributed by atoms with Crippen molar-refractivity contribution < 1.29 is 14.0 Å². The van der Waals surface area contributed by atoms with Crippen molar-refractivity contribution >= 4 is 14.3 Å². The average Bonchev–Trinajstić information content (AvgIpc) is 2.61. The van der Waals surface area contributed by atoms with E-state index in [2.05, 4.69) is 52.6 Å². The maximum atomic E-state index is 11.3. The first kappa shape index (κ1) is 28.2. The highest BCUT2D eigenvalue weighted by atomic mass is 28.4. The van der Waals surface area contributed by atoms with E-state index in [0.29, 0.717) is 6.42 Å². The zero-order valence-corrected chi connectivity index (χ0v) is 21.7. The van der Waals surface area contributed by atoms with E-state index in [1.807, 2.05) is 6.92 Å². The van der Waals surface area contributed by atoms with Crippen molar-refractivity contribution in [3.8, 4) is 11.8 Å². The highest BCUT2D eigenvalue weighted by Gasteiger charge is 2.38. The lowest BCUT2D eigenvalue weighted by atomic mass is 10.1. The summed E-state index contributed by atoms with van der Waals surface area (Å²) in [6.45, 7) is 17.0. The number of ether oxygens (including phenoxy) is 1. The standard InChI is InChI=1S/C25H48O3Si/c1-9-11-12-13-14-15-16-17-18-19-24(28-29(7,8)25(4,5)6)21-20-23(10-2)27-22(3)26/h23-24H,9-19H2,1-8H3/t23-,24-/m0/s1. The molecule has 0 aromatic rings. The molecule has 0 unspecified atom stereocenters. The lowest BCUT2D eigenvalue weighted by Gasteiger charge is -2.38. The minimum absolute atomic E-state index is 0.0648. The average molecular weight is 425 g/mol. The molecule has 2 atom stereocenters. The Hall–Kier alpha value is -0.793. The Morgan fingerprint density at radius 1 is 0.862 bits per heavy atom. The van der Waals surface area contributed by atoms with Crippen LogP contribution in [0.2, 0.25) is 18.1 Å². The molecule has 0 heterocycles. The quantitative estimate of drug-likeness (QED) is 0.124. The Morgan fingerprint density at radius 3 is 1.79 bits per heavy atom. The third-order valence-electron chi connectivity index (χ3n) is 5.90. The predicted octanol–water partition coefficient (Wildman–Crippen LogP) is 7.64. The van der Waals surface area contributed by atoms with Gasteiger partial charge < -0.3 is 9.16 Å². The van der Waals surface area contributed by atoms with Crippen molar-refractivity contribution in [2.45, 2.75) is 143 Å². The van der Waals surface area contributed by atoms with Gasteiger partial charge >= 0.3 is 5.97 Å². The SMILES string of the molecule is CCCCCCCCCCC[C@@H](C#C[C@H](CC)OC(C)=O)O[Si](C)(C)C(C)(C)C. The zero-order chi connectivity index (χ0) is 22.3. The molecule has 0 bridgehead atoms. The minimum atomic E-state index is -1.89. The third kappa shape index (κ3) is 13.9. The summed E-state index contributed by atoms with van der Waals surface area (Å²) in [5.74, 6) is 6.20. The summed E-state index contributed by atoms with van der Waals surface area (Å²) in [5, 5.41) is 0.158. The van der Waals surface area contributed by atoms with Gasteiger partial charge in [-0.25, -0.2) is 0 Å². The summed E-state index contributed by atoms with van der Waals surface area (Å²) in [5.41, 5.74) is 0. The van der Waals surface area contributed by atoms with Gasteiger partial charge in [0.25, 0.3) is 0 Å². The van der Waals surface area contributed by atoms with Crippen LogP contribution in [0.3, 0.4) is 0 Å². The zero-order valence-electron chi connectivity index (χ0n) is 20.7. The second-order valence-corrected chi connectivity index (χ2v) is 14.5. The Kier molecular flexibility index (Phi) is 14.7. The monoisotopic (exact) mass is 424 g/mol. The van der Waals surface area contributed by atoms with Crippen LogP contribution in [-0.2, 0) is 14.0 Å². The Morgan fingerprint density at radius 2 is 1.34 bits per heavy atom. The van der Waals surface area contributed by atoms with Crippen LogP contribution in [0.25, 0.3) is 0 Å². The predicted molar refractivity (Wildman–Crippen MR) is 128 cm³/mol. The number of rotatable bonds is 14. The molecule has 0 aliphatic carbocycles. The second kappa shape index (κ2) is 15.1. The Labute approximate surface area is 182 Å². The molecule has 0 rings (SSSR count). The highest BCUT2D eigenvalue weighted by molar-refractivity contribution is 6.74. The molecule has 0 saturated heterocycles. The first-order chi connectivity index (χ1) is 13.5. The molecule has 0 radical (unpaired) electrons. The number of carbonyl (C=O) groups is 1. The summed E-state index contributed by atoms with van der Waals surface area (Å²) in [6, 6.07) is 0. The van der Waals surface area contributed by atoms with Gasteiger partial charge in [-0.05, 0) is 37.4 Å². The Bertz CT molecular complexity index is 496. The van der Waals surface area contributed by atoms with Crippen LogP contribution < -0.4 is 0 Å². The number of carbonyl (C=O) groups excluding carboxylic acids is 1. The number of unbranched alkanes of at least 4 members (excludes halogenated alkanes) is 8. The fourth-order valence-electron chi connectivity index (χ4n) is 2.93. The molecule has 0 aliphatic rings. The third-order valence-corrected chi connectivity index (χ3v) is 10.4. The molecule has 0 aromatic carbocycles. The van der Waals surface area contributed by atoms with Crippen molar-refractivity contribution in [1.29, 1.82) is 0 Å². The van der Waals surface area contributed by atoms with Gasteiger partial charge in [0.15, 0.2) is 14.4 Å². The van der Waals surface area contributed by atoms with Crippen molar-refractivity contribution in [1.82, 2.24) is 0 Å². The first-order valence-corrected chi connectivity index (χ1v) is 14.8. The fraction of sp³-hybridized carbons (Fsp3) is 0.880. The molecule has 0 saturated carbocycles. The van der Waals surface area contributed by atoms with E-state index in [0.717, 1.165) is 12.8 Å². The summed E-state index contributed by atoms with van der Waals surface area (Å²) < 4.78 is 11.9. The van der Waals surface area contributed by atoms with Crippen molar-refractivity contribution in [2.24, 2.45) is 0 Å². The largest absolute Gasteiger partial charge is 0.449 e. The lowest BCUT2D eigenvalue weighted by Crippen LogP contribution is -2.43. The highest BCUT2D eigenvalue weighted by Crippen LogP contribution is 2.37. The molecule has 0 aromatic heterocycles. The van der Waals surface area contributed by atoms with Crippen LogP contribution in [0.1, 0.15) is 112 Å². The van der Waals surface area contributed by atoms with Gasteiger partial charge in [0, 0.05) is 6.92 Å². The molecule has 0 N–H and O–H groups in total. The van der Waals surface area contributed by atoms with E-state index >= 15 is 0 Å². The molecular formula is C25H48O3Si. The molecule has 3 nitrogen and oxygen atoms in total. The maximum absolute atomic E-state index is 11.3. The van der Waals surface area contributed by atoms with Crippen molar-refractivity contribution in [2.75, 3.05) is 0 Å². The van der Waals surface area contributed by atoms with E-state index in [9.17, 15) is 4.79 Å². The van der Waals surface area contributed by atoms with Gasteiger partial charge in [-0.2, -0.15) is 0 Å². The molecule has 0 fully saturated rings. The minimum Gasteiger partial charge on any atom is -0.449 e. The smallest absolute Gasteiger partial charge is 0.303 e. The van der Waals surface area contributed by atoms with E-state index in [4.69, 9.17) is 9.16 Å². The molecule has 29 heavy (non-hydrogen) atoms. The summed E-state index contributed by atoms with van der Waals surface area (Å²) >= 11 is 0. The van der Waals surface area contributed by atoms with Gasteiger partial charge in [0.05, 0.1) is 0 Å². The van der Waals surface area contributed by atoms with Gasteiger partial charge in [-0.1, -0.05) is 97.8 Å². The second-order valence-electron chi connectivity index (χ2n) is 9.78. The van der Waals surface area contributed by atoms with E-state index in [-0.39, 0.29) is 23.2 Å². The van der Waals surface area contributed by atoms with Crippen LogP contribution in [-0.4, -0.2) is 26.5 Å². The topological polar surface area (TPSA) is 35.5 Å². The maximum Gasteiger partial charge on any atom is 0.303 e. The van der Waals surface area contributed by atoms with Crippen molar-refractivity contribution in [3.63, 3.8) is 0 Å².